The molecule has 3 atom stereocenters. The van der Waals surface area contributed by atoms with Crippen molar-refractivity contribution in [2.45, 2.75) is 44.6 Å². The topological polar surface area (TPSA) is 55.1 Å². The minimum Gasteiger partial charge on any atom is -0.369 e. The van der Waals surface area contributed by atoms with E-state index < -0.39 is 0 Å². The molecule has 3 unspecified atom stereocenters. The van der Waals surface area contributed by atoms with Crippen molar-refractivity contribution in [1.82, 2.24) is 5.32 Å². The Balaban J connectivity index is 1.40. The average molecular weight is 248 g/mol. The first kappa shape index (κ1) is 12.2. The molecule has 2 bridgehead atoms. The molecule has 3 heteroatoms. The molecule has 0 radical (unpaired) electrons. The van der Waals surface area contributed by atoms with E-state index in [0.29, 0.717) is 6.04 Å². The van der Waals surface area contributed by atoms with Gasteiger partial charge in [0.05, 0.1) is 0 Å². The van der Waals surface area contributed by atoms with Gasteiger partial charge in [-0.15, -0.1) is 0 Å². The van der Waals surface area contributed by atoms with E-state index in [4.69, 9.17) is 5.73 Å². The fourth-order valence-electron chi connectivity index (χ4n) is 4.03. The Morgan fingerprint density at radius 2 is 1.94 bits per heavy atom. The van der Waals surface area contributed by atoms with Crippen LogP contribution in [0.15, 0.2) is 12.2 Å². The molecule has 3 N–H and O–H groups in total. The zero-order valence-electron chi connectivity index (χ0n) is 11.0. The Kier molecular flexibility index (Phi) is 3.42. The molecule has 3 nitrogen and oxygen atoms in total. The SMILES string of the molecule is NC(=O)C1CCC(NCC2CC3C=CC2C3)CC1. The fourth-order valence-corrected chi connectivity index (χ4v) is 4.03. The summed E-state index contributed by atoms with van der Waals surface area (Å²) in [5.74, 6) is 2.59. The van der Waals surface area contributed by atoms with Crippen molar-refractivity contribution >= 4 is 5.91 Å². The number of carbonyl (C=O) groups is 1. The summed E-state index contributed by atoms with van der Waals surface area (Å²) in [6.07, 6.45) is 11.8. The first-order chi connectivity index (χ1) is 8.72. The Morgan fingerprint density at radius 1 is 1.17 bits per heavy atom. The van der Waals surface area contributed by atoms with Crippen molar-refractivity contribution in [3.63, 3.8) is 0 Å². The van der Waals surface area contributed by atoms with Crippen molar-refractivity contribution in [3.8, 4) is 0 Å². The first-order valence-corrected chi connectivity index (χ1v) is 7.43. The second-order valence-corrected chi connectivity index (χ2v) is 6.40. The molecule has 0 aromatic rings. The van der Waals surface area contributed by atoms with Crippen LogP contribution in [0.4, 0.5) is 0 Å². The molecule has 2 saturated carbocycles. The Bertz CT molecular complexity index is 344. The van der Waals surface area contributed by atoms with E-state index in [0.717, 1.165) is 50.0 Å². The number of hydrogen-bond donors (Lipinski definition) is 2. The van der Waals surface area contributed by atoms with Gasteiger partial charge in [-0.2, -0.15) is 0 Å². The van der Waals surface area contributed by atoms with Crippen LogP contribution in [0.1, 0.15) is 38.5 Å². The highest BCUT2D eigenvalue weighted by molar-refractivity contribution is 5.76. The molecule has 3 rings (SSSR count). The third kappa shape index (κ3) is 2.46. The van der Waals surface area contributed by atoms with Gasteiger partial charge in [-0.05, 0) is 62.8 Å². The molecule has 18 heavy (non-hydrogen) atoms. The van der Waals surface area contributed by atoms with Gasteiger partial charge < -0.3 is 11.1 Å². The molecule has 0 aromatic heterocycles. The number of hydrogen-bond acceptors (Lipinski definition) is 2. The molecule has 0 aliphatic heterocycles. The maximum Gasteiger partial charge on any atom is 0.220 e. The largest absolute Gasteiger partial charge is 0.369 e. The number of nitrogens with two attached hydrogens (primary N) is 1. The monoisotopic (exact) mass is 248 g/mol. The van der Waals surface area contributed by atoms with Crippen molar-refractivity contribution in [3.05, 3.63) is 12.2 Å². The molecule has 0 saturated heterocycles. The van der Waals surface area contributed by atoms with Crippen LogP contribution >= 0.6 is 0 Å². The van der Waals surface area contributed by atoms with Crippen LogP contribution in [0.2, 0.25) is 0 Å². The highest BCUT2D eigenvalue weighted by Gasteiger charge is 2.35. The molecule has 0 heterocycles. The van der Waals surface area contributed by atoms with E-state index >= 15 is 0 Å². The maximum atomic E-state index is 11.1. The summed E-state index contributed by atoms with van der Waals surface area (Å²) in [4.78, 5) is 11.1. The van der Waals surface area contributed by atoms with Gasteiger partial charge in [-0.25, -0.2) is 0 Å². The fraction of sp³-hybridized carbons (Fsp3) is 0.800. The van der Waals surface area contributed by atoms with Crippen molar-refractivity contribution in [1.29, 1.82) is 0 Å². The van der Waals surface area contributed by atoms with Crippen LogP contribution < -0.4 is 11.1 Å². The van der Waals surface area contributed by atoms with E-state index in [1.54, 1.807) is 0 Å². The third-order valence-corrected chi connectivity index (χ3v) is 5.21. The summed E-state index contributed by atoms with van der Waals surface area (Å²) in [5, 5.41) is 3.72. The number of amides is 1. The summed E-state index contributed by atoms with van der Waals surface area (Å²) in [6, 6.07) is 0.615. The Labute approximate surface area is 109 Å². The number of fused-ring (bicyclic) bond motifs is 2. The zero-order chi connectivity index (χ0) is 12.5. The minimum atomic E-state index is -0.105. The number of allylic oxidation sites excluding steroid dienone is 2. The van der Waals surface area contributed by atoms with Crippen LogP contribution in [0.25, 0.3) is 0 Å². The summed E-state index contributed by atoms with van der Waals surface area (Å²) in [5.41, 5.74) is 5.36. The Hall–Kier alpha value is -0.830. The van der Waals surface area contributed by atoms with E-state index in [1.807, 2.05) is 0 Å². The van der Waals surface area contributed by atoms with Crippen LogP contribution in [0.3, 0.4) is 0 Å². The van der Waals surface area contributed by atoms with Gasteiger partial charge in [0.1, 0.15) is 0 Å². The quantitative estimate of drug-likeness (QED) is 0.746. The van der Waals surface area contributed by atoms with Gasteiger partial charge in [0.25, 0.3) is 0 Å². The number of carbonyl (C=O) groups excluding carboxylic acids is 1. The molecular weight excluding hydrogens is 224 g/mol. The predicted molar refractivity (Wildman–Crippen MR) is 71.8 cm³/mol. The van der Waals surface area contributed by atoms with Gasteiger partial charge in [0.15, 0.2) is 0 Å². The smallest absolute Gasteiger partial charge is 0.220 e. The molecule has 1 amide bonds. The normalized spacial score (nSPS) is 42.3. The molecule has 0 spiro atoms. The lowest BCUT2D eigenvalue weighted by molar-refractivity contribution is -0.122. The molecule has 2 fully saturated rings. The molecule has 0 aromatic carbocycles. The van der Waals surface area contributed by atoms with Gasteiger partial charge in [0, 0.05) is 12.0 Å². The number of primary amides is 1. The summed E-state index contributed by atoms with van der Waals surface area (Å²) in [6.45, 7) is 1.16. The molecule has 100 valence electrons. The predicted octanol–water partition coefficient (Wildman–Crippen LogP) is 1.83. The second-order valence-electron chi connectivity index (χ2n) is 6.40. The van der Waals surface area contributed by atoms with Crippen LogP contribution in [-0.2, 0) is 4.79 Å². The lowest BCUT2D eigenvalue weighted by Crippen LogP contribution is -2.39. The van der Waals surface area contributed by atoms with Gasteiger partial charge in [-0.3, -0.25) is 4.79 Å². The number of rotatable bonds is 4. The Morgan fingerprint density at radius 3 is 2.50 bits per heavy atom. The minimum absolute atomic E-state index is 0.105. The molecule has 3 aliphatic rings. The summed E-state index contributed by atoms with van der Waals surface area (Å²) in [7, 11) is 0. The van der Waals surface area contributed by atoms with Gasteiger partial charge >= 0.3 is 0 Å². The summed E-state index contributed by atoms with van der Waals surface area (Å²) < 4.78 is 0. The first-order valence-electron chi connectivity index (χ1n) is 7.43. The van der Waals surface area contributed by atoms with E-state index in [2.05, 4.69) is 17.5 Å². The van der Waals surface area contributed by atoms with Crippen molar-refractivity contribution < 1.29 is 4.79 Å². The lowest BCUT2D eigenvalue weighted by atomic mass is 9.85. The lowest BCUT2D eigenvalue weighted by Gasteiger charge is -2.29. The van der Waals surface area contributed by atoms with E-state index in [1.165, 1.54) is 12.8 Å². The van der Waals surface area contributed by atoms with E-state index in [9.17, 15) is 4.79 Å². The van der Waals surface area contributed by atoms with Crippen molar-refractivity contribution in [2.24, 2.45) is 29.4 Å². The summed E-state index contributed by atoms with van der Waals surface area (Å²) >= 11 is 0. The van der Waals surface area contributed by atoms with Crippen LogP contribution in [-0.4, -0.2) is 18.5 Å². The van der Waals surface area contributed by atoms with Gasteiger partial charge in [-0.1, -0.05) is 12.2 Å². The van der Waals surface area contributed by atoms with Crippen LogP contribution in [0, 0.1) is 23.7 Å². The highest BCUT2D eigenvalue weighted by Crippen LogP contribution is 2.43. The van der Waals surface area contributed by atoms with Crippen LogP contribution in [0.5, 0.6) is 0 Å². The molecule has 3 aliphatic carbocycles. The van der Waals surface area contributed by atoms with Gasteiger partial charge in [0.2, 0.25) is 5.91 Å². The maximum absolute atomic E-state index is 11.1. The van der Waals surface area contributed by atoms with E-state index in [-0.39, 0.29) is 11.8 Å². The number of nitrogens with one attached hydrogen (secondary N) is 1. The zero-order valence-corrected chi connectivity index (χ0v) is 11.0. The van der Waals surface area contributed by atoms with Crippen molar-refractivity contribution in [2.75, 3.05) is 6.54 Å². The molecular formula is C15H24N2O. The average Bonchev–Trinajstić information content (AvgIpc) is 2.99. The second kappa shape index (κ2) is 5.04. The standard InChI is InChI=1S/C15H24N2O/c16-15(18)11-3-5-14(6-4-11)17-9-13-8-10-1-2-12(13)7-10/h1-2,10-14,17H,3-9H2,(H2,16,18). The third-order valence-electron chi connectivity index (χ3n) is 5.21. The highest BCUT2D eigenvalue weighted by atomic mass is 16.1.